The quantitative estimate of drug-likeness (QED) is 0.371. The predicted molar refractivity (Wildman–Crippen MR) is 75.5 cm³/mol. The lowest BCUT2D eigenvalue weighted by atomic mass is 10.2. The lowest BCUT2D eigenvalue weighted by molar-refractivity contribution is 0.0698. The Kier molecular flexibility index (Phi) is 5.47. The third kappa shape index (κ3) is 3.38. The summed E-state index contributed by atoms with van der Waals surface area (Å²) in [6.45, 7) is 0. The Morgan fingerprint density at radius 3 is 2.83 bits per heavy atom. The zero-order valence-corrected chi connectivity index (χ0v) is 12.2. The summed E-state index contributed by atoms with van der Waals surface area (Å²) >= 11 is 10.2. The number of carbonyl (C=O) groups is 1. The van der Waals surface area contributed by atoms with Gasteiger partial charge in [-0.2, -0.15) is 5.26 Å². The highest BCUT2D eigenvalue weighted by Gasteiger charge is 2.17. The number of hydrogen-bond acceptors (Lipinski definition) is 4. The van der Waals surface area contributed by atoms with Gasteiger partial charge in [-0.15, -0.1) is 0 Å². The summed E-state index contributed by atoms with van der Waals surface area (Å²) in [4.78, 5) is 15.2. The van der Waals surface area contributed by atoms with Gasteiger partial charge in [-0.1, -0.05) is 23.4 Å². The minimum atomic E-state index is -1.18. The number of nitriles is 1. The van der Waals surface area contributed by atoms with Crippen molar-refractivity contribution in [2.24, 2.45) is 4.99 Å². The van der Waals surface area contributed by atoms with Gasteiger partial charge in [0.2, 0.25) is 0 Å². The van der Waals surface area contributed by atoms with Gasteiger partial charge in [0, 0.05) is 4.47 Å². The predicted octanol–water partition coefficient (Wildman–Crippen LogP) is 3.22. The number of carboxylic acid groups (broad SMARTS) is 1. The fourth-order valence-corrected chi connectivity index (χ4v) is 2.11. The first-order valence-corrected chi connectivity index (χ1v) is 6.90. The molecule has 2 N–H and O–H groups in total. The molecule has 18 heavy (non-hydrogen) atoms. The summed E-state index contributed by atoms with van der Waals surface area (Å²) in [6.07, 6.45) is 3.43. The van der Waals surface area contributed by atoms with Crippen LogP contribution in [0.3, 0.4) is 0 Å². The number of benzene rings is 1. The first kappa shape index (κ1) is 14.8. The largest absolute Gasteiger partial charge is 0.478 e. The molecule has 0 amide bonds. The summed E-state index contributed by atoms with van der Waals surface area (Å²) in [6, 6.07) is 3.06. The van der Waals surface area contributed by atoms with Crippen LogP contribution >= 0.6 is 39.3 Å². The van der Waals surface area contributed by atoms with Gasteiger partial charge >= 0.3 is 5.97 Å². The number of hydrogen-bond donors (Lipinski definition) is 2. The van der Waals surface area contributed by atoms with Crippen LogP contribution in [-0.4, -0.2) is 22.5 Å². The molecule has 8 heteroatoms. The molecule has 0 saturated carbocycles. The normalized spacial score (nSPS) is 10.9. The molecule has 1 aromatic rings. The Hall–Kier alpha value is -1.23. The average molecular weight is 349 g/mol. The number of rotatable bonds is 2. The van der Waals surface area contributed by atoms with E-state index in [1.165, 1.54) is 17.8 Å². The van der Waals surface area contributed by atoms with E-state index in [0.29, 0.717) is 4.47 Å². The fourth-order valence-electron chi connectivity index (χ4n) is 1.13. The minimum Gasteiger partial charge on any atom is -0.478 e. The maximum atomic E-state index is 11.2. The Morgan fingerprint density at radius 1 is 1.67 bits per heavy atom. The van der Waals surface area contributed by atoms with Crippen LogP contribution in [0.25, 0.3) is 0 Å². The molecule has 0 aliphatic rings. The van der Waals surface area contributed by atoms with Crippen molar-refractivity contribution in [2.45, 2.75) is 0 Å². The number of thioether (sulfide) groups is 1. The van der Waals surface area contributed by atoms with Crippen molar-refractivity contribution in [2.75, 3.05) is 6.26 Å². The number of carboxylic acids is 1. The monoisotopic (exact) mass is 347 g/mol. The molecule has 94 valence electrons. The summed E-state index contributed by atoms with van der Waals surface area (Å²) in [5.41, 5.74) is 0.0550. The summed E-state index contributed by atoms with van der Waals surface area (Å²) in [5, 5.41) is 20.4. The third-order valence-electron chi connectivity index (χ3n) is 1.86. The first-order chi connectivity index (χ1) is 8.51. The summed E-state index contributed by atoms with van der Waals surface area (Å²) < 4.78 is 0.482. The number of nitrogens with zero attached hydrogens (tertiary/aromatic N) is 2. The highest BCUT2D eigenvalue weighted by atomic mass is 79.9. The molecular formula is C10H7BrClN3O2S. The van der Waals surface area contributed by atoms with Crippen LogP contribution in [0.2, 0.25) is 5.02 Å². The van der Waals surface area contributed by atoms with Gasteiger partial charge in [-0.05, 0) is 34.3 Å². The molecule has 0 aliphatic heterocycles. The van der Waals surface area contributed by atoms with E-state index in [1.54, 1.807) is 18.5 Å². The number of amidine groups is 1. The average Bonchev–Trinajstić information content (AvgIpc) is 2.32. The SMILES string of the molecule is CSC(=Nc1c(Br)ccc(Cl)c1C(=O)O)NC#N. The van der Waals surface area contributed by atoms with E-state index in [1.807, 2.05) is 0 Å². The second kappa shape index (κ2) is 6.64. The standard InChI is InChI=1S/C10H7BrClN3O2S/c1-18-10(14-4-13)15-8-5(11)2-3-6(12)7(8)9(16)17/h2-3H,1H3,(H,14,15)(H,16,17). The molecular weight excluding hydrogens is 342 g/mol. The van der Waals surface area contributed by atoms with Gasteiger partial charge in [0.1, 0.15) is 5.56 Å². The van der Waals surface area contributed by atoms with Crippen LogP contribution in [0.15, 0.2) is 21.6 Å². The van der Waals surface area contributed by atoms with Gasteiger partial charge in [0.25, 0.3) is 0 Å². The maximum Gasteiger partial charge on any atom is 0.339 e. The van der Waals surface area contributed by atoms with E-state index in [9.17, 15) is 4.79 Å². The van der Waals surface area contributed by atoms with Gasteiger partial charge in [-0.25, -0.2) is 9.79 Å². The van der Waals surface area contributed by atoms with Crippen LogP contribution < -0.4 is 5.32 Å². The fraction of sp³-hybridized carbons (Fsp3) is 0.100. The Bertz CT molecular complexity index is 557. The number of aromatic carboxylic acids is 1. The second-order valence-electron chi connectivity index (χ2n) is 2.92. The van der Waals surface area contributed by atoms with Crippen molar-refractivity contribution in [3.8, 4) is 6.19 Å². The number of halogens is 2. The highest BCUT2D eigenvalue weighted by molar-refractivity contribution is 9.10. The molecule has 5 nitrogen and oxygen atoms in total. The van der Waals surface area contributed by atoms with Gasteiger partial charge < -0.3 is 5.11 Å². The second-order valence-corrected chi connectivity index (χ2v) is 4.97. The van der Waals surface area contributed by atoms with Crippen LogP contribution in [0, 0.1) is 11.5 Å². The first-order valence-electron chi connectivity index (χ1n) is 4.50. The van der Waals surface area contributed by atoms with Crippen molar-refractivity contribution in [3.63, 3.8) is 0 Å². The summed E-state index contributed by atoms with van der Waals surface area (Å²) in [7, 11) is 0. The van der Waals surface area contributed by atoms with Gasteiger partial charge in [0.15, 0.2) is 11.4 Å². The number of aliphatic imine (C=N–C) groups is 1. The van der Waals surface area contributed by atoms with Crippen molar-refractivity contribution in [1.29, 1.82) is 5.26 Å². The lowest BCUT2D eigenvalue weighted by Gasteiger charge is -2.07. The number of nitrogens with one attached hydrogen (secondary N) is 1. The topological polar surface area (TPSA) is 85.5 Å². The van der Waals surface area contributed by atoms with Crippen molar-refractivity contribution >= 4 is 56.1 Å². The summed E-state index contributed by atoms with van der Waals surface area (Å²) in [5.74, 6) is -1.18. The van der Waals surface area contributed by atoms with Crippen LogP contribution in [-0.2, 0) is 0 Å². The molecule has 0 radical (unpaired) electrons. The Labute approximate surface area is 121 Å². The van der Waals surface area contributed by atoms with Gasteiger partial charge in [0.05, 0.1) is 10.7 Å². The molecule has 0 atom stereocenters. The molecule has 0 aromatic heterocycles. The third-order valence-corrected chi connectivity index (χ3v) is 3.40. The zero-order chi connectivity index (χ0) is 13.7. The van der Waals surface area contributed by atoms with Crippen molar-refractivity contribution < 1.29 is 9.90 Å². The van der Waals surface area contributed by atoms with Crippen LogP contribution in [0.5, 0.6) is 0 Å². The smallest absolute Gasteiger partial charge is 0.339 e. The van der Waals surface area contributed by atoms with E-state index in [4.69, 9.17) is 22.0 Å². The maximum absolute atomic E-state index is 11.2. The molecule has 0 fully saturated rings. The molecule has 0 saturated heterocycles. The van der Waals surface area contributed by atoms with E-state index >= 15 is 0 Å². The molecule has 0 aliphatic carbocycles. The highest BCUT2D eigenvalue weighted by Crippen LogP contribution is 2.35. The molecule has 1 rings (SSSR count). The Morgan fingerprint density at radius 2 is 2.33 bits per heavy atom. The van der Waals surface area contributed by atoms with Crippen molar-refractivity contribution in [1.82, 2.24) is 5.32 Å². The Balaban J connectivity index is 3.44. The van der Waals surface area contributed by atoms with E-state index in [2.05, 4.69) is 26.2 Å². The molecule has 1 aromatic carbocycles. The van der Waals surface area contributed by atoms with Crippen LogP contribution in [0.1, 0.15) is 10.4 Å². The molecule has 0 unspecified atom stereocenters. The molecule has 0 spiro atoms. The van der Waals surface area contributed by atoms with Gasteiger partial charge in [-0.3, -0.25) is 5.32 Å². The van der Waals surface area contributed by atoms with E-state index < -0.39 is 5.97 Å². The van der Waals surface area contributed by atoms with E-state index in [-0.39, 0.29) is 21.4 Å². The molecule has 0 heterocycles. The minimum absolute atomic E-state index is 0.0851. The zero-order valence-electron chi connectivity index (χ0n) is 9.07. The van der Waals surface area contributed by atoms with Crippen molar-refractivity contribution in [3.05, 3.63) is 27.2 Å². The van der Waals surface area contributed by atoms with Crippen LogP contribution in [0.4, 0.5) is 5.69 Å². The van der Waals surface area contributed by atoms with E-state index in [0.717, 1.165) is 0 Å². The molecule has 0 bridgehead atoms. The lowest BCUT2D eigenvalue weighted by Crippen LogP contribution is -2.13.